The van der Waals surface area contributed by atoms with E-state index in [0.717, 1.165) is 0 Å². The average molecular weight is 433 g/mol. The van der Waals surface area contributed by atoms with Crippen molar-refractivity contribution in [3.8, 4) is 0 Å². The van der Waals surface area contributed by atoms with Gasteiger partial charge < -0.3 is 5.11 Å². The minimum atomic E-state index is -1.84. The van der Waals surface area contributed by atoms with E-state index in [1.807, 2.05) is 68.3 Å². The summed E-state index contributed by atoms with van der Waals surface area (Å²) in [6.45, 7) is 0. The molecular formula is C23H20N4O3S. The van der Waals surface area contributed by atoms with Crippen molar-refractivity contribution in [1.29, 1.82) is 0 Å². The standard InChI is InChI=1S/C23H20N4O3S/c1-25-14-15-26(2)22(25)23(28,20-9-6-16-31-20)21(24-18-7-4-3-5-8-18)17-10-12-19(13-11-17)27(29)30/h3-16H,1-2H3. The first-order valence-electron chi connectivity index (χ1n) is 9.56. The predicted molar refractivity (Wildman–Crippen MR) is 117 cm³/mol. The fourth-order valence-corrected chi connectivity index (χ4v) is 4.43. The first-order valence-corrected chi connectivity index (χ1v) is 10.4. The Balaban J connectivity index is 2.02. The minimum absolute atomic E-state index is 0.0418. The van der Waals surface area contributed by atoms with Crippen LogP contribution in [0.25, 0.3) is 0 Å². The van der Waals surface area contributed by atoms with E-state index in [1.165, 1.54) is 23.5 Å². The molecule has 7 nitrogen and oxygen atoms in total. The van der Waals surface area contributed by atoms with Crippen molar-refractivity contribution in [2.24, 2.45) is 19.1 Å². The zero-order valence-corrected chi connectivity index (χ0v) is 17.8. The highest BCUT2D eigenvalue weighted by molar-refractivity contribution is 7.10. The van der Waals surface area contributed by atoms with Crippen LogP contribution in [0.4, 0.5) is 11.4 Å². The maximum atomic E-state index is 14.9. The van der Waals surface area contributed by atoms with Crippen LogP contribution in [-0.2, 0) is 19.7 Å². The molecular weight excluding hydrogens is 412 g/mol. The van der Waals surface area contributed by atoms with Crippen molar-refractivity contribution in [1.82, 2.24) is 4.57 Å². The van der Waals surface area contributed by atoms with Crippen LogP contribution in [0.5, 0.6) is 0 Å². The SMILES string of the molecule is Cn1cc[n+](C)c1C([O-])(C(=Nc1ccccc1)c1ccc([N+](=O)[O-])cc1)c1cccs1. The van der Waals surface area contributed by atoms with Gasteiger partial charge in [0.05, 0.1) is 36.0 Å². The second-order valence-electron chi connectivity index (χ2n) is 7.10. The number of aromatic nitrogens is 2. The van der Waals surface area contributed by atoms with Crippen LogP contribution in [0.15, 0.2) is 89.5 Å². The van der Waals surface area contributed by atoms with Gasteiger partial charge in [-0.05, 0) is 41.3 Å². The third-order valence-electron chi connectivity index (χ3n) is 5.05. The number of rotatable bonds is 6. The van der Waals surface area contributed by atoms with E-state index < -0.39 is 10.5 Å². The molecule has 8 heteroatoms. The number of nitro groups is 1. The van der Waals surface area contributed by atoms with E-state index in [4.69, 9.17) is 4.99 Å². The lowest BCUT2D eigenvalue weighted by atomic mass is 9.88. The van der Waals surface area contributed by atoms with Crippen molar-refractivity contribution >= 4 is 28.4 Å². The van der Waals surface area contributed by atoms with Crippen molar-refractivity contribution in [3.63, 3.8) is 0 Å². The molecule has 0 aliphatic carbocycles. The van der Waals surface area contributed by atoms with Crippen LogP contribution < -0.4 is 9.67 Å². The lowest BCUT2D eigenvalue weighted by Gasteiger charge is -2.37. The number of imidazole rings is 1. The molecule has 0 saturated heterocycles. The number of hydrogen-bond acceptors (Lipinski definition) is 5. The van der Waals surface area contributed by atoms with E-state index in [0.29, 0.717) is 22.0 Å². The van der Waals surface area contributed by atoms with E-state index in [9.17, 15) is 15.2 Å². The molecule has 1 unspecified atom stereocenters. The molecule has 0 N–H and O–H groups in total. The highest BCUT2D eigenvalue weighted by Crippen LogP contribution is 2.34. The first-order chi connectivity index (χ1) is 14.9. The molecule has 0 aliphatic rings. The Bertz CT molecular complexity index is 1210. The number of non-ortho nitro benzene ring substituents is 1. The van der Waals surface area contributed by atoms with Gasteiger partial charge in [-0.2, -0.15) is 0 Å². The molecule has 1 atom stereocenters. The third-order valence-corrected chi connectivity index (χ3v) is 6.02. The first kappa shape index (κ1) is 20.6. The third kappa shape index (κ3) is 3.78. The second-order valence-corrected chi connectivity index (χ2v) is 8.05. The van der Waals surface area contributed by atoms with E-state index >= 15 is 0 Å². The number of aryl methyl sites for hydroxylation is 2. The van der Waals surface area contributed by atoms with E-state index in [1.54, 1.807) is 27.3 Å². The van der Waals surface area contributed by atoms with Gasteiger partial charge in [-0.3, -0.25) is 15.1 Å². The fourth-order valence-electron chi connectivity index (χ4n) is 3.62. The molecule has 4 rings (SSSR count). The maximum Gasteiger partial charge on any atom is 0.269 e. The number of benzene rings is 2. The molecule has 0 fully saturated rings. The summed E-state index contributed by atoms with van der Waals surface area (Å²) in [5.74, 6) is 0.503. The van der Waals surface area contributed by atoms with Gasteiger partial charge in [0, 0.05) is 17.0 Å². The van der Waals surface area contributed by atoms with Crippen LogP contribution in [0, 0.1) is 10.1 Å². The van der Waals surface area contributed by atoms with Gasteiger partial charge in [-0.1, -0.05) is 24.3 Å². The van der Waals surface area contributed by atoms with Crippen LogP contribution in [0.1, 0.15) is 16.3 Å². The Morgan fingerprint density at radius 3 is 2.35 bits per heavy atom. The largest absolute Gasteiger partial charge is 0.832 e. The number of thiophene rings is 1. The molecule has 0 saturated carbocycles. The molecule has 31 heavy (non-hydrogen) atoms. The summed E-state index contributed by atoms with van der Waals surface area (Å²) in [6, 6.07) is 18.8. The maximum absolute atomic E-state index is 14.9. The second kappa shape index (κ2) is 8.25. The predicted octanol–water partition coefficient (Wildman–Crippen LogP) is 3.24. The number of hydrogen-bond donors (Lipinski definition) is 0. The van der Waals surface area contributed by atoms with Gasteiger partial charge >= 0.3 is 0 Å². The summed E-state index contributed by atoms with van der Waals surface area (Å²) in [4.78, 5) is 16.0. The van der Waals surface area contributed by atoms with Gasteiger partial charge in [-0.25, -0.2) is 9.13 Å². The molecule has 156 valence electrons. The van der Waals surface area contributed by atoms with Crippen LogP contribution in [0.3, 0.4) is 0 Å². The Hall–Kier alpha value is -3.62. The van der Waals surface area contributed by atoms with Gasteiger partial charge in [0.1, 0.15) is 12.4 Å². The summed E-state index contributed by atoms with van der Waals surface area (Å²) < 4.78 is 3.58. The van der Waals surface area contributed by atoms with Crippen LogP contribution in [0.2, 0.25) is 0 Å². The Morgan fingerprint density at radius 1 is 1.10 bits per heavy atom. The number of aliphatic imine (C=N–C) groups is 1. The quantitative estimate of drug-likeness (QED) is 0.203. The molecule has 0 aliphatic heterocycles. The minimum Gasteiger partial charge on any atom is -0.832 e. The highest BCUT2D eigenvalue weighted by Gasteiger charge is 2.39. The van der Waals surface area contributed by atoms with Crippen LogP contribution in [-0.4, -0.2) is 15.2 Å². The highest BCUT2D eigenvalue weighted by atomic mass is 32.1. The topological polar surface area (TPSA) is 87.4 Å². The molecule has 0 amide bonds. The number of nitro benzene ring substituents is 1. The van der Waals surface area contributed by atoms with E-state index in [2.05, 4.69) is 0 Å². The Kier molecular flexibility index (Phi) is 5.50. The normalized spacial score (nSPS) is 13.7. The Labute approximate surface area is 183 Å². The lowest BCUT2D eigenvalue weighted by Crippen LogP contribution is -2.57. The smallest absolute Gasteiger partial charge is 0.269 e. The van der Waals surface area contributed by atoms with Crippen molar-refractivity contribution in [2.45, 2.75) is 5.60 Å². The van der Waals surface area contributed by atoms with Crippen molar-refractivity contribution in [3.05, 3.63) is 111 Å². The summed E-state index contributed by atoms with van der Waals surface area (Å²) in [7, 11) is 3.65. The monoisotopic (exact) mass is 432 g/mol. The summed E-state index contributed by atoms with van der Waals surface area (Å²) >= 11 is 1.36. The molecule has 0 bridgehead atoms. The van der Waals surface area contributed by atoms with E-state index in [-0.39, 0.29) is 11.4 Å². The summed E-state index contributed by atoms with van der Waals surface area (Å²) in [6.07, 6.45) is 3.65. The molecule has 4 aromatic rings. The molecule has 0 radical (unpaired) electrons. The van der Waals surface area contributed by atoms with Gasteiger partial charge in [0.15, 0.2) is 0 Å². The molecule has 0 spiro atoms. The average Bonchev–Trinajstić information content (AvgIpc) is 3.43. The number of para-hydroxylation sites is 1. The molecule has 2 aromatic heterocycles. The zero-order chi connectivity index (χ0) is 22.0. The van der Waals surface area contributed by atoms with Gasteiger partial charge in [0.25, 0.3) is 11.5 Å². The van der Waals surface area contributed by atoms with Crippen molar-refractivity contribution in [2.75, 3.05) is 0 Å². The van der Waals surface area contributed by atoms with Gasteiger partial charge in [-0.15, -0.1) is 11.3 Å². The lowest BCUT2D eigenvalue weighted by molar-refractivity contribution is -0.695. The summed E-state index contributed by atoms with van der Waals surface area (Å²) in [5.41, 5.74) is -0.454. The van der Waals surface area contributed by atoms with Gasteiger partial charge in [0.2, 0.25) is 0 Å². The molecule has 2 heterocycles. The molecule has 2 aromatic carbocycles. The Morgan fingerprint density at radius 2 is 1.81 bits per heavy atom. The summed E-state index contributed by atoms with van der Waals surface area (Å²) in [5, 5.41) is 27.9. The zero-order valence-electron chi connectivity index (χ0n) is 17.0. The van der Waals surface area contributed by atoms with Crippen LogP contribution >= 0.6 is 11.3 Å². The fraction of sp³-hybridized carbons (Fsp3) is 0.130. The van der Waals surface area contributed by atoms with Crippen molar-refractivity contribution < 1.29 is 14.6 Å². The number of nitrogens with zero attached hydrogens (tertiary/aromatic N) is 4.